The molecule has 1 amide bonds. The Morgan fingerprint density at radius 3 is 3.00 bits per heavy atom. The van der Waals surface area contributed by atoms with Gasteiger partial charge in [-0.3, -0.25) is 4.79 Å². The fraction of sp³-hybridized carbons (Fsp3) is 0.615. The van der Waals surface area contributed by atoms with Crippen LogP contribution in [0.25, 0.3) is 0 Å². The summed E-state index contributed by atoms with van der Waals surface area (Å²) in [5, 5.41) is 7.26. The van der Waals surface area contributed by atoms with Crippen molar-refractivity contribution in [2.45, 2.75) is 32.7 Å². The van der Waals surface area contributed by atoms with Crippen molar-refractivity contribution in [1.29, 1.82) is 0 Å². The number of hydrogen-bond donors (Lipinski definition) is 2. The van der Waals surface area contributed by atoms with Gasteiger partial charge in [0.15, 0.2) is 0 Å². The maximum absolute atomic E-state index is 12.1. The third kappa shape index (κ3) is 2.87. The number of carbonyl (C=O) groups is 1. The number of nitrogens with two attached hydrogens (primary N) is 1. The lowest BCUT2D eigenvalue weighted by atomic mass is 9.95. The van der Waals surface area contributed by atoms with Gasteiger partial charge in [0, 0.05) is 12.5 Å². The minimum absolute atomic E-state index is 0.138. The Bertz CT molecular complexity index is 389. The van der Waals surface area contributed by atoms with E-state index >= 15 is 0 Å². The van der Waals surface area contributed by atoms with Crippen LogP contribution in [0.15, 0.2) is 10.8 Å². The first kappa shape index (κ1) is 12.6. The Labute approximate surface area is 106 Å². The van der Waals surface area contributed by atoms with E-state index in [-0.39, 0.29) is 11.8 Å². The number of aryl methyl sites for hydroxylation is 1. The largest absolute Gasteiger partial charge is 0.352 e. The molecule has 0 spiro atoms. The van der Waals surface area contributed by atoms with Crippen molar-refractivity contribution in [2.24, 2.45) is 17.6 Å². The van der Waals surface area contributed by atoms with Crippen LogP contribution < -0.4 is 11.1 Å². The minimum atomic E-state index is 0.138. The number of thiophene rings is 1. The Kier molecular flexibility index (Phi) is 4.18. The maximum atomic E-state index is 12.1. The zero-order valence-corrected chi connectivity index (χ0v) is 11.1. The topological polar surface area (TPSA) is 55.1 Å². The van der Waals surface area contributed by atoms with Gasteiger partial charge in [-0.25, -0.2) is 0 Å². The summed E-state index contributed by atoms with van der Waals surface area (Å²) in [6.45, 7) is 3.37. The summed E-state index contributed by atoms with van der Waals surface area (Å²) in [4.78, 5) is 12.1. The highest BCUT2D eigenvalue weighted by atomic mass is 32.1. The van der Waals surface area contributed by atoms with Gasteiger partial charge in [-0.1, -0.05) is 6.42 Å². The molecule has 1 aliphatic rings. The van der Waals surface area contributed by atoms with Gasteiger partial charge >= 0.3 is 0 Å². The molecule has 0 aromatic carbocycles. The number of amides is 1. The SMILES string of the molecule is Cc1cscc1CNC(=O)C1CCCC1CN. The summed E-state index contributed by atoms with van der Waals surface area (Å²) in [6, 6.07) is 0. The highest BCUT2D eigenvalue weighted by Gasteiger charge is 2.31. The van der Waals surface area contributed by atoms with Gasteiger partial charge in [-0.15, -0.1) is 0 Å². The van der Waals surface area contributed by atoms with E-state index in [1.54, 1.807) is 11.3 Å². The highest BCUT2D eigenvalue weighted by molar-refractivity contribution is 7.08. The lowest BCUT2D eigenvalue weighted by Gasteiger charge is -2.17. The summed E-state index contributed by atoms with van der Waals surface area (Å²) < 4.78 is 0. The zero-order valence-electron chi connectivity index (χ0n) is 10.2. The average molecular weight is 252 g/mol. The third-order valence-electron chi connectivity index (χ3n) is 3.71. The predicted molar refractivity (Wildman–Crippen MR) is 70.8 cm³/mol. The predicted octanol–water partition coefficient (Wildman–Crippen LogP) is 2.05. The van der Waals surface area contributed by atoms with Crippen molar-refractivity contribution in [2.75, 3.05) is 6.54 Å². The van der Waals surface area contributed by atoms with Gasteiger partial charge in [0.1, 0.15) is 0 Å². The normalized spacial score (nSPS) is 23.9. The Morgan fingerprint density at radius 2 is 2.35 bits per heavy atom. The van der Waals surface area contributed by atoms with Crippen LogP contribution in [0.5, 0.6) is 0 Å². The van der Waals surface area contributed by atoms with Crippen LogP contribution in [0.1, 0.15) is 30.4 Å². The average Bonchev–Trinajstić information content (AvgIpc) is 2.94. The van der Waals surface area contributed by atoms with Crippen molar-refractivity contribution in [3.8, 4) is 0 Å². The number of nitrogens with one attached hydrogen (secondary N) is 1. The quantitative estimate of drug-likeness (QED) is 0.861. The molecule has 0 aliphatic heterocycles. The van der Waals surface area contributed by atoms with Gasteiger partial charge < -0.3 is 11.1 Å². The van der Waals surface area contributed by atoms with Crippen LogP contribution in [0.4, 0.5) is 0 Å². The molecule has 1 saturated carbocycles. The van der Waals surface area contributed by atoms with Gasteiger partial charge in [0.05, 0.1) is 0 Å². The number of rotatable bonds is 4. The monoisotopic (exact) mass is 252 g/mol. The number of carbonyl (C=O) groups excluding carboxylic acids is 1. The lowest BCUT2D eigenvalue weighted by molar-refractivity contribution is -0.126. The molecule has 1 fully saturated rings. The molecule has 94 valence electrons. The Morgan fingerprint density at radius 1 is 1.53 bits per heavy atom. The van der Waals surface area contributed by atoms with Crippen LogP contribution in [-0.4, -0.2) is 12.5 Å². The van der Waals surface area contributed by atoms with E-state index in [1.807, 2.05) is 0 Å². The summed E-state index contributed by atoms with van der Waals surface area (Å²) in [5.74, 6) is 0.709. The zero-order chi connectivity index (χ0) is 12.3. The smallest absolute Gasteiger partial charge is 0.223 e. The molecule has 0 radical (unpaired) electrons. The van der Waals surface area contributed by atoms with E-state index < -0.39 is 0 Å². The summed E-state index contributed by atoms with van der Waals surface area (Å²) >= 11 is 1.68. The van der Waals surface area contributed by atoms with E-state index in [0.29, 0.717) is 19.0 Å². The molecule has 0 bridgehead atoms. The van der Waals surface area contributed by atoms with Gasteiger partial charge in [0.2, 0.25) is 5.91 Å². The fourth-order valence-electron chi connectivity index (χ4n) is 2.55. The van der Waals surface area contributed by atoms with Crippen LogP contribution in [0.3, 0.4) is 0 Å². The van der Waals surface area contributed by atoms with Crippen molar-refractivity contribution in [3.63, 3.8) is 0 Å². The molecular weight excluding hydrogens is 232 g/mol. The van der Waals surface area contributed by atoms with E-state index in [2.05, 4.69) is 23.0 Å². The van der Waals surface area contributed by atoms with Crippen molar-refractivity contribution >= 4 is 17.2 Å². The standard InChI is InChI=1S/C13H20N2OS/c1-9-7-17-8-11(9)6-15-13(16)12-4-2-3-10(12)5-14/h7-8,10,12H,2-6,14H2,1H3,(H,15,16). The molecule has 3 nitrogen and oxygen atoms in total. The van der Waals surface area contributed by atoms with Crippen LogP contribution in [0, 0.1) is 18.8 Å². The molecule has 1 heterocycles. The van der Waals surface area contributed by atoms with E-state index in [1.165, 1.54) is 11.1 Å². The first-order chi connectivity index (χ1) is 8.22. The van der Waals surface area contributed by atoms with Gasteiger partial charge in [-0.2, -0.15) is 11.3 Å². The summed E-state index contributed by atoms with van der Waals surface area (Å²) in [7, 11) is 0. The van der Waals surface area contributed by atoms with Gasteiger partial charge in [0.25, 0.3) is 0 Å². The second-order valence-electron chi connectivity index (χ2n) is 4.83. The third-order valence-corrected chi connectivity index (χ3v) is 4.62. The van der Waals surface area contributed by atoms with Crippen molar-refractivity contribution in [1.82, 2.24) is 5.32 Å². The molecule has 3 N–H and O–H groups in total. The second-order valence-corrected chi connectivity index (χ2v) is 5.57. The van der Waals surface area contributed by atoms with Gasteiger partial charge in [-0.05, 0) is 54.1 Å². The molecule has 1 aromatic rings. The van der Waals surface area contributed by atoms with E-state index in [0.717, 1.165) is 19.3 Å². The molecule has 2 rings (SSSR count). The maximum Gasteiger partial charge on any atom is 0.223 e. The second kappa shape index (κ2) is 5.65. The molecule has 17 heavy (non-hydrogen) atoms. The first-order valence-corrected chi connectivity index (χ1v) is 7.16. The molecule has 0 saturated heterocycles. The molecular formula is C13H20N2OS. The highest BCUT2D eigenvalue weighted by Crippen LogP contribution is 2.31. The molecule has 2 atom stereocenters. The van der Waals surface area contributed by atoms with E-state index in [9.17, 15) is 4.79 Å². The van der Waals surface area contributed by atoms with Crippen LogP contribution in [0.2, 0.25) is 0 Å². The van der Waals surface area contributed by atoms with Crippen LogP contribution in [-0.2, 0) is 11.3 Å². The summed E-state index contributed by atoms with van der Waals surface area (Å²) in [5.41, 5.74) is 8.19. The number of hydrogen-bond acceptors (Lipinski definition) is 3. The minimum Gasteiger partial charge on any atom is -0.352 e. The summed E-state index contributed by atoms with van der Waals surface area (Å²) in [6.07, 6.45) is 3.24. The first-order valence-electron chi connectivity index (χ1n) is 6.21. The molecule has 2 unspecified atom stereocenters. The van der Waals surface area contributed by atoms with Crippen molar-refractivity contribution in [3.05, 3.63) is 21.9 Å². The van der Waals surface area contributed by atoms with Crippen LogP contribution >= 0.6 is 11.3 Å². The fourth-order valence-corrected chi connectivity index (χ4v) is 3.40. The Hall–Kier alpha value is -0.870. The molecule has 4 heteroatoms. The molecule has 1 aliphatic carbocycles. The van der Waals surface area contributed by atoms with E-state index in [4.69, 9.17) is 5.73 Å². The Balaban J connectivity index is 1.87. The molecule has 1 aromatic heterocycles. The lowest BCUT2D eigenvalue weighted by Crippen LogP contribution is -2.34. The van der Waals surface area contributed by atoms with Crippen molar-refractivity contribution < 1.29 is 4.79 Å².